The average molecular weight is 326 g/mol. The van der Waals surface area contributed by atoms with Crippen LogP contribution in [0.15, 0.2) is 47.4 Å². The fourth-order valence-corrected chi connectivity index (χ4v) is 2.84. The third kappa shape index (κ3) is 3.46. The van der Waals surface area contributed by atoms with Crippen molar-refractivity contribution in [1.29, 1.82) is 0 Å². The SMILES string of the molecule is O=C([O-])c1ccc(F)c(S(=O)(=O)NCc2ccccc2F)c1. The van der Waals surface area contributed by atoms with Crippen LogP contribution >= 0.6 is 0 Å². The molecule has 2 rings (SSSR count). The number of rotatable bonds is 5. The second kappa shape index (κ2) is 6.20. The second-order valence-electron chi connectivity index (χ2n) is 4.35. The first-order chi connectivity index (χ1) is 10.3. The number of hydrogen-bond acceptors (Lipinski definition) is 4. The fraction of sp³-hybridized carbons (Fsp3) is 0.0714. The van der Waals surface area contributed by atoms with Gasteiger partial charge in [-0.25, -0.2) is 21.9 Å². The number of carbonyl (C=O) groups is 1. The zero-order valence-corrected chi connectivity index (χ0v) is 11.9. The number of benzene rings is 2. The number of hydrogen-bond donors (Lipinski definition) is 1. The number of aromatic carboxylic acids is 1. The van der Waals surface area contributed by atoms with E-state index in [1.54, 1.807) is 0 Å². The van der Waals surface area contributed by atoms with E-state index in [-0.39, 0.29) is 5.56 Å². The lowest BCUT2D eigenvalue weighted by Crippen LogP contribution is -2.26. The van der Waals surface area contributed by atoms with Crippen molar-refractivity contribution in [3.8, 4) is 0 Å². The highest BCUT2D eigenvalue weighted by Crippen LogP contribution is 2.17. The Balaban J connectivity index is 2.29. The second-order valence-corrected chi connectivity index (χ2v) is 6.08. The van der Waals surface area contributed by atoms with E-state index in [0.717, 1.165) is 12.1 Å². The molecule has 0 radical (unpaired) electrons. The smallest absolute Gasteiger partial charge is 0.243 e. The van der Waals surface area contributed by atoms with E-state index in [0.29, 0.717) is 12.1 Å². The summed E-state index contributed by atoms with van der Waals surface area (Å²) in [6.45, 7) is -0.399. The molecule has 0 unspecified atom stereocenters. The molecule has 0 spiro atoms. The Kier molecular flexibility index (Phi) is 4.53. The van der Waals surface area contributed by atoms with Gasteiger partial charge in [-0.05, 0) is 23.8 Å². The Morgan fingerprint density at radius 2 is 1.77 bits per heavy atom. The van der Waals surface area contributed by atoms with Crippen molar-refractivity contribution in [1.82, 2.24) is 4.72 Å². The molecule has 0 aromatic heterocycles. The first-order valence-electron chi connectivity index (χ1n) is 6.05. The molecule has 116 valence electrons. The Labute approximate surface area is 125 Å². The van der Waals surface area contributed by atoms with E-state index in [1.807, 2.05) is 4.72 Å². The van der Waals surface area contributed by atoms with Gasteiger partial charge in [0.15, 0.2) is 0 Å². The Morgan fingerprint density at radius 1 is 1.09 bits per heavy atom. The molecule has 0 aliphatic heterocycles. The molecule has 2 aromatic rings. The van der Waals surface area contributed by atoms with Gasteiger partial charge in [0.2, 0.25) is 10.0 Å². The number of sulfonamides is 1. The Bertz CT molecular complexity index is 821. The summed E-state index contributed by atoms with van der Waals surface area (Å²) in [4.78, 5) is 9.87. The number of nitrogens with one attached hydrogen (secondary N) is 1. The zero-order chi connectivity index (χ0) is 16.3. The third-order valence-electron chi connectivity index (χ3n) is 2.87. The van der Waals surface area contributed by atoms with Crippen LogP contribution in [0, 0.1) is 11.6 Å². The molecule has 0 fully saturated rings. The highest BCUT2D eigenvalue weighted by atomic mass is 32.2. The lowest BCUT2D eigenvalue weighted by Gasteiger charge is -2.10. The van der Waals surface area contributed by atoms with Crippen molar-refractivity contribution >= 4 is 16.0 Å². The summed E-state index contributed by atoms with van der Waals surface area (Å²) in [6.07, 6.45) is 0. The van der Waals surface area contributed by atoms with Crippen LogP contribution in [-0.2, 0) is 16.6 Å². The number of carbonyl (C=O) groups excluding carboxylic acids is 1. The van der Waals surface area contributed by atoms with E-state index < -0.39 is 44.6 Å². The molecule has 22 heavy (non-hydrogen) atoms. The van der Waals surface area contributed by atoms with Gasteiger partial charge in [0.05, 0.1) is 5.97 Å². The molecule has 0 saturated heterocycles. The maximum Gasteiger partial charge on any atom is 0.243 e. The lowest BCUT2D eigenvalue weighted by molar-refractivity contribution is -0.255. The van der Waals surface area contributed by atoms with Crippen LogP contribution in [0.3, 0.4) is 0 Å². The summed E-state index contributed by atoms with van der Waals surface area (Å²) in [6, 6.07) is 7.73. The molecule has 0 saturated carbocycles. The van der Waals surface area contributed by atoms with Gasteiger partial charge in [-0.2, -0.15) is 0 Å². The van der Waals surface area contributed by atoms with Crippen LogP contribution < -0.4 is 9.83 Å². The van der Waals surface area contributed by atoms with Crippen molar-refractivity contribution in [2.75, 3.05) is 0 Å². The van der Waals surface area contributed by atoms with E-state index in [1.165, 1.54) is 18.2 Å². The summed E-state index contributed by atoms with van der Waals surface area (Å²) in [7, 11) is -4.34. The highest BCUT2D eigenvalue weighted by Gasteiger charge is 2.20. The van der Waals surface area contributed by atoms with Gasteiger partial charge in [0, 0.05) is 12.1 Å². The van der Waals surface area contributed by atoms with Crippen molar-refractivity contribution < 1.29 is 27.1 Å². The van der Waals surface area contributed by atoms with Gasteiger partial charge < -0.3 is 9.90 Å². The predicted octanol–water partition coefficient (Wildman–Crippen LogP) is 0.807. The maximum atomic E-state index is 13.6. The molecule has 0 aliphatic rings. The van der Waals surface area contributed by atoms with Crippen LogP contribution in [0.25, 0.3) is 0 Å². The molecule has 1 N–H and O–H groups in total. The molecule has 0 bridgehead atoms. The van der Waals surface area contributed by atoms with Gasteiger partial charge in [-0.1, -0.05) is 24.3 Å². The molecule has 8 heteroatoms. The number of carboxylic acids is 1. The predicted molar refractivity (Wildman–Crippen MR) is 71.2 cm³/mol. The minimum absolute atomic E-state index is 0.0718. The van der Waals surface area contributed by atoms with E-state index in [9.17, 15) is 27.1 Å². The highest BCUT2D eigenvalue weighted by molar-refractivity contribution is 7.89. The lowest BCUT2D eigenvalue weighted by atomic mass is 10.2. The first kappa shape index (κ1) is 16.1. The van der Waals surface area contributed by atoms with Crippen molar-refractivity contribution in [2.24, 2.45) is 0 Å². The van der Waals surface area contributed by atoms with Gasteiger partial charge in [-0.3, -0.25) is 0 Å². The van der Waals surface area contributed by atoms with Gasteiger partial charge in [0.1, 0.15) is 16.5 Å². The first-order valence-corrected chi connectivity index (χ1v) is 7.53. The summed E-state index contributed by atoms with van der Waals surface area (Å²) < 4.78 is 53.1. The third-order valence-corrected chi connectivity index (χ3v) is 4.28. The van der Waals surface area contributed by atoms with Crippen molar-refractivity contribution in [2.45, 2.75) is 11.4 Å². The standard InChI is InChI=1S/C14H11F2NO4S/c15-11-4-2-1-3-10(11)8-17-22(20,21)13-7-9(14(18)19)5-6-12(13)16/h1-7,17H,8H2,(H,18,19)/p-1. The molecular weight excluding hydrogens is 316 g/mol. The van der Waals surface area contributed by atoms with Crippen LogP contribution in [0.4, 0.5) is 8.78 Å². The zero-order valence-electron chi connectivity index (χ0n) is 11.0. The van der Waals surface area contributed by atoms with Crippen LogP contribution in [-0.4, -0.2) is 14.4 Å². The topological polar surface area (TPSA) is 86.3 Å². The minimum atomic E-state index is -4.34. The summed E-state index contributed by atoms with van der Waals surface area (Å²) in [5.41, 5.74) is -0.407. The summed E-state index contributed by atoms with van der Waals surface area (Å²) in [5.74, 6) is -3.37. The average Bonchev–Trinajstić information content (AvgIpc) is 2.46. The van der Waals surface area contributed by atoms with E-state index >= 15 is 0 Å². The molecule has 0 amide bonds. The minimum Gasteiger partial charge on any atom is -0.545 e. The molecular formula is C14H10F2NO4S-. The molecule has 0 atom stereocenters. The van der Waals surface area contributed by atoms with E-state index in [2.05, 4.69) is 0 Å². The largest absolute Gasteiger partial charge is 0.545 e. The molecule has 2 aromatic carbocycles. The van der Waals surface area contributed by atoms with Crippen molar-refractivity contribution in [3.63, 3.8) is 0 Å². The number of carboxylic acid groups (broad SMARTS) is 1. The van der Waals surface area contributed by atoms with E-state index in [4.69, 9.17) is 0 Å². The van der Waals surface area contributed by atoms with Gasteiger partial charge in [0.25, 0.3) is 0 Å². The van der Waals surface area contributed by atoms with Crippen LogP contribution in [0.1, 0.15) is 15.9 Å². The Morgan fingerprint density at radius 3 is 2.41 bits per heavy atom. The monoisotopic (exact) mass is 326 g/mol. The fourth-order valence-electron chi connectivity index (χ4n) is 1.73. The molecule has 5 nitrogen and oxygen atoms in total. The number of halogens is 2. The summed E-state index contributed by atoms with van der Waals surface area (Å²) in [5, 5.41) is 10.7. The molecule has 0 heterocycles. The van der Waals surface area contributed by atoms with Gasteiger partial charge in [-0.15, -0.1) is 0 Å². The normalized spacial score (nSPS) is 11.4. The van der Waals surface area contributed by atoms with Gasteiger partial charge >= 0.3 is 0 Å². The quantitative estimate of drug-likeness (QED) is 0.881. The van der Waals surface area contributed by atoms with Crippen molar-refractivity contribution in [3.05, 3.63) is 65.2 Å². The van der Waals surface area contributed by atoms with Crippen LogP contribution in [0.5, 0.6) is 0 Å². The van der Waals surface area contributed by atoms with Crippen LogP contribution in [0.2, 0.25) is 0 Å². The molecule has 0 aliphatic carbocycles. The Hall–Kier alpha value is -2.32. The maximum absolute atomic E-state index is 13.6. The summed E-state index contributed by atoms with van der Waals surface area (Å²) >= 11 is 0.